The molecule has 3 N–H and O–H groups in total. The number of rotatable bonds is 8. The second-order valence-corrected chi connectivity index (χ2v) is 4.12. The summed E-state index contributed by atoms with van der Waals surface area (Å²) >= 11 is 0. The third-order valence-corrected chi connectivity index (χ3v) is 2.67. The minimum absolute atomic E-state index is 0.106. The lowest BCUT2D eigenvalue weighted by Crippen LogP contribution is -2.42. The first-order valence-electron chi connectivity index (χ1n) is 6.39. The van der Waals surface area contributed by atoms with Gasteiger partial charge in [-0.05, 0) is 25.3 Å². The summed E-state index contributed by atoms with van der Waals surface area (Å²) in [6.45, 7) is 3.64. The smallest absolute Gasteiger partial charge is 0.237 e. The van der Waals surface area contributed by atoms with Crippen molar-refractivity contribution >= 4 is 5.91 Å². The average molecular weight is 250 g/mol. The Morgan fingerprint density at radius 3 is 2.78 bits per heavy atom. The Morgan fingerprint density at radius 1 is 1.39 bits per heavy atom. The number of ether oxygens (including phenoxy) is 1. The fourth-order valence-electron chi connectivity index (χ4n) is 1.62. The normalized spacial score (nSPS) is 12.1. The van der Waals surface area contributed by atoms with Crippen molar-refractivity contribution in [1.82, 2.24) is 5.32 Å². The Bertz CT molecular complexity index is 341. The van der Waals surface area contributed by atoms with Gasteiger partial charge in [0.15, 0.2) is 0 Å². The average Bonchev–Trinajstić information content (AvgIpc) is 2.42. The van der Waals surface area contributed by atoms with Gasteiger partial charge in [0.1, 0.15) is 0 Å². The molecular weight excluding hydrogens is 228 g/mol. The summed E-state index contributed by atoms with van der Waals surface area (Å²) in [6.07, 6.45) is 1.48. The molecule has 0 fully saturated rings. The van der Waals surface area contributed by atoms with Crippen LogP contribution < -0.4 is 11.1 Å². The Kier molecular flexibility index (Phi) is 7.06. The monoisotopic (exact) mass is 250 g/mol. The second-order valence-electron chi connectivity index (χ2n) is 4.12. The first-order valence-corrected chi connectivity index (χ1v) is 6.39. The van der Waals surface area contributed by atoms with E-state index in [2.05, 4.69) is 5.32 Å². The summed E-state index contributed by atoms with van der Waals surface area (Å²) in [4.78, 5) is 11.6. The van der Waals surface area contributed by atoms with Gasteiger partial charge in [0, 0.05) is 13.2 Å². The summed E-state index contributed by atoms with van der Waals surface area (Å²) in [7, 11) is 0. The quantitative estimate of drug-likeness (QED) is 0.679. The zero-order chi connectivity index (χ0) is 13.2. The number of carbonyl (C=O) groups excluding carboxylic acids is 1. The van der Waals surface area contributed by atoms with Crippen LogP contribution in [0, 0.1) is 0 Å². The van der Waals surface area contributed by atoms with Gasteiger partial charge in [-0.2, -0.15) is 0 Å². The molecule has 0 heterocycles. The van der Waals surface area contributed by atoms with Crippen molar-refractivity contribution in [3.05, 3.63) is 35.9 Å². The number of nitrogens with one attached hydrogen (secondary N) is 1. The topological polar surface area (TPSA) is 64.3 Å². The lowest BCUT2D eigenvalue weighted by Gasteiger charge is -2.12. The van der Waals surface area contributed by atoms with E-state index in [1.165, 1.54) is 5.56 Å². The lowest BCUT2D eigenvalue weighted by atomic mass is 10.1. The van der Waals surface area contributed by atoms with E-state index in [0.717, 1.165) is 6.42 Å². The molecule has 0 saturated carbocycles. The zero-order valence-electron chi connectivity index (χ0n) is 10.9. The Balaban J connectivity index is 2.19. The molecule has 1 aromatic carbocycles. The fourth-order valence-corrected chi connectivity index (χ4v) is 1.62. The van der Waals surface area contributed by atoms with Gasteiger partial charge in [0.2, 0.25) is 5.91 Å². The number of aryl methyl sites for hydroxylation is 1. The van der Waals surface area contributed by atoms with Crippen LogP contribution in [0.5, 0.6) is 0 Å². The molecule has 0 radical (unpaired) electrons. The molecule has 0 aliphatic heterocycles. The number of benzene rings is 1. The first-order chi connectivity index (χ1) is 8.74. The fraction of sp³-hybridized carbons (Fsp3) is 0.500. The van der Waals surface area contributed by atoms with Crippen LogP contribution in [0.4, 0.5) is 0 Å². The second kappa shape index (κ2) is 8.66. The highest BCUT2D eigenvalue weighted by Crippen LogP contribution is 2.03. The van der Waals surface area contributed by atoms with Crippen LogP contribution in [-0.2, 0) is 16.0 Å². The van der Waals surface area contributed by atoms with Crippen LogP contribution >= 0.6 is 0 Å². The van der Waals surface area contributed by atoms with E-state index in [4.69, 9.17) is 10.5 Å². The predicted octanol–water partition coefficient (Wildman–Crippen LogP) is 1.10. The van der Waals surface area contributed by atoms with Crippen molar-refractivity contribution in [1.29, 1.82) is 0 Å². The molecule has 0 aliphatic rings. The van der Waals surface area contributed by atoms with Gasteiger partial charge in [0.25, 0.3) is 0 Å². The van der Waals surface area contributed by atoms with Crippen LogP contribution in [0.1, 0.15) is 18.9 Å². The van der Waals surface area contributed by atoms with Crippen molar-refractivity contribution in [2.45, 2.75) is 25.8 Å². The summed E-state index contributed by atoms with van der Waals surface area (Å²) in [5.41, 5.74) is 7.03. The number of nitrogens with two attached hydrogens (primary N) is 1. The maximum Gasteiger partial charge on any atom is 0.237 e. The molecule has 1 rings (SSSR count). The van der Waals surface area contributed by atoms with E-state index in [1.54, 1.807) is 0 Å². The van der Waals surface area contributed by atoms with E-state index in [9.17, 15) is 4.79 Å². The molecule has 4 nitrogen and oxygen atoms in total. The van der Waals surface area contributed by atoms with E-state index in [0.29, 0.717) is 26.2 Å². The third-order valence-electron chi connectivity index (χ3n) is 2.67. The van der Waals surface area contributed by atoms with E-state index < -0.39 is 6.04 Å². The standard InChI is InChI=1S/C14H22N2O2/c1-2-18-11-10-16-14(17)13(15)9-8-12-6-4-3-5-7-12/h3-7,13H,2,8-11,15H2,1H3,(H,16,17). The SMILES string of the molecule is CCOCCNC(=O)C(N)CCc1ccccc1. The largest absolute Gasteiger partial charge is 0.380 e. The maximum absolute atomic E-state index is 11.6. The summed E-state index contributed by atoms with van der Waals surface area (Å²) in [5, 5.41) is 2.76. The number of carbonyl (C=O) groups is 1. The Labute approximate surface area is 109 Å². The van der Waals surface area contributed by atoms with Gasteiger partial charge in [-0.25, -0.2) is 0 Å². The van der Waals surface area contributed by atoms with Crippen molar-refractivity contribution in [3.63, 3.8) is 0 Å². The van der Waals surface area contributed by atoms with Crippen LogP contribution in [0.2, 0.25) is 0 Å². The molecule has 0 aliphatic carbocycles. The number of hydrogen-bond donors (Lipinski definition) is 2. The van der Waals surface area contributed by atoms with Crippen molar-refractivity contribution in [3.8, 4) is 0 Å². The molecule has 18 heavy (non-hydrogen) atoms. The van der Waals surface area contributed by atoms with Gasteiger partial charge in [-0.15, -0.1) is 0 Å². The predicted molar refractivity (Wildman–Crippen MR) is 72.2 cm³/mol. The van der Waals surface area contributed by atoms with Crippen molar-refractivity contribution in [2.24, 2.45) is 5.73 Å². The van der Waals surface area contributed by atoms with Gasteiger partial charge in [0.05, 0.1) is 12.6 Å². The molecule has 0 bridgehead atoms. The van der Waals surface area contributed by atoms with Gasteiger partial charge in [-0.3, -0.25) is 4.79 Å². The maximum atomic E-state index is 11.6. The van der Waals surface area contributed by atoms with Crippen molar-refractivity contribution < 1.29 is 9.53 Å². The molecule has 100 valence electrons. The molecular formula is C14H22N2O2. The first kappa shape index (κ1) is 14.7. The van der Waals surface area contributed by atoms with E-state index in [1.807, 2.05) is 37.3 Å². The zero-order valence-corrected chi connectivity index (χ0v) is 10.9. The molecule has 4 heteroatoms. The van der Waals surface area contributed by atoms with Crippen LogP contribution in [0.15, 0.2) is 30.3 Å². The highest BCUT2D eigenvalue weighted by molar-refractivity contribution is 5.81. The van der Waals surface area contributed by atoms with E-state index >= 15 is 0 Å². The number of amides is 1. The molecule has 1 unspecified atom stereocenters. The number of hydrogen-bond acceptors (Lipinski definition) is 3. The summed E-state index contributed by atoms with van der Waals surface area (Å²) < 4.78 is 5.14. The minimum Gasteiger partial charge on any atom is -0.380 e. The van der Waals surface area contributed by atoms with Crippen LogP contribution in [0.3, 0.4) is 0 Å². The Hall–Kier alpha value is -1.39. The molecule has 1 aromatic rings. The molecule has 0 aromatic heterocycles. The molecule has 0 spiro atoms. The third kappa shape index (κ3) is 5.80. The van der Waals surface area contributed by atoms with Crippen LogP contribution in [0.25, 0.3) is 0 Å². The van der Waals surface area contributed by atoms with Gasteiger partial charge in [-0.1, -0.05) is 30.3 Å². The summed E-state index contributed by atoms with van der Waals surface area (Å²) in [6, 6.07) is 9.59. The molecule has 1 atom stereocenters. The highest BCUT2D eigenvalue weighted by atomic mass is 16.5. The van der Waals surface area contributed by atoms with Crippen molar-refractivity contribution in [2.75, 3.05) is 19.8 Å². The van der Waals surface area contributed by atoms with E-state index in [-0.39, 0.29) is 5.91 Å². The Morgan fingerprint density at radius 2 is 2.11 bits per heavy atom. The molecule has 1 amide bonds. The van der Waals surface area contributed by atoms with Crippen LogP contribution in [-0.4, -0.2) is 31.7 Å². The van der Waals surface area contributed by atoms with Gasteiger partial charge >= 0.3 is 0 Å². The molecule has 0 saturated heterocycles. The lowest BCUT2D eigenvalue weighted by molar-refractivity contribution is -0.122. The summed E-state index contributed by atoms with van der Waals surface area (Å²) in [5.74, 6) is -0.106. The van der Waals surface area contributed by atoms with Gasteiger partial charge < -0.3 is 15.8 Å². The minimum atomic E-state index is -0.452. The highest BCUT2D eigenvalue weighted by Gasteiger charge is 2.12.